The van der Waals surface area contributed by atoms with Crippen LogP contribution in [0.15, 0.2) is 36.5 Å². The lowest BCUT2D eigenvalue weighted by Gasteiger charge is -2.53. The van der Waals surface area contributed by atoms with Crippen LogP contribution in [0.5, 0.6) is 0 Å². The van der Waals surface area contributed by atoms with Gasteiger partial charge in [-0.1, -0.05) is 23.7 Å². The Morgan fingerprint density at radius 3 is 2.43 bits per heavy atom. The molecule has 1 aromatic carbocycles. The number of carbonyl (C=O) groups excluding carboxylic acids is 4. The summed E-state index contributed by atoms with van der Waals surface area (Å²) >= 11 is 6.55. The third-order valence-corrected chi connectivity index (χ3v) is 15.8. The van der Waals surface area contributed by atoms with Crippen molar-refractivity contribution in [3.63, 3.8) is 0 Å². The van der Waals surface area contributed by atoms with Gasteiger partial charge in [0.05, 0.1) is 28.3 Å². The van der Waals surface area contributed by atoms with Crippen molar-refractivity contribution >= 4 is 63.9 Å². The third-order valence-electron chi connectivity index (χ3n) is 15.4. The average Bonchev–Trinajstić information content (AvgIpc) is 4.10. The van der Waals surface area contributed by atoms with E-state index < -0.39 is 6.03 Å². The van der Waals surface area contributed by atoms with Crippen LogP contribution in [0.4, 0.5) is 27.7 Å². The first-order valence-electron chi connectivity index (χ1n) is 23.3. The van der Waals surface area contributed by atoms with E-state index in [1.807, 2.05) is 18.0 Å². The van der Waals surface area contributed by atoms with Gasteiger partial charge in [-0.25, -0.2) is 19.3 Å². The number of pyridine rings is 1. The van der Waals surface area contributed by atoms with Crippen LogP contribution in [0.3, 0.4) is 0 Å². The molecule has 2 saturated carbocycles. The monoisotopic (exact) mass is 906 g/mol. The maximum atomic E-state index is 13.7. The third kappa shape index (κ3) is 7.97. The number of fused-ring (bicyclic) bond motifs is 4. The number of nitrogens with zero attached hydrogens (tertiary/aromatic N) is 9. The van der Waals surface area contributed by atoms with Crippen LogP contribution in [-0.2, 0) is 17.8 Å². The van der Waals surface area contributed by atoms with Gasteiger partial charge in [0.1, 0.15) is 5.69 Å². The Morgan fingerprint density at radius 1 is 0.969 bits per heavy atom. The number of likely N-dealkylation sites (tertiary alicyclic amines) is 3. The van der Waals surface area contributed by atoms with Crippen LogP contribution in [0.25, 0.3) is 5.65 Å². The topological polar surface area (TPSA) is 184 Å². The first-order chi connectivity index (χ1) is 31.5. The molecule has 4 aromatic rings. The first-order valence-corrected chi connectivity index (χ1v) is 23.7. The Balaban J connectivity index is 0.00000246. The minimum absolute atomic E-state index is 0.127. The van der Waals surface area contributed by atoms with E-state index in [-0.39, 0.29) is 42.4 Å². The smallest absolute Gasteiger partial charge is 0.328 e. The fourth-order valence-electron chi connectivity index (χ4n) is 11.7. The summed E-state index contributed by atoms with van der Waals surface area (Å²) in [4.78, 5) is 71.4. The van der Waals surface area contributed by atoms with Crippen LogP contribution < -0.4 is 25.8 Å². The number of piperazine rings is 1. The van der Waals surface area contributed by atoms with E-state index in [0.29, 0.717) is 64.3 Å². The number of aliphatic hydroxyl groups excluding tert-OH is 1. The summed E-state index contributed by atoms with van der Waals surface area (Å²) in [5.74, 6) is 0.907. The van der Waals surface area contributed by atoms with E-state index in [9.17, 15) is 19.2 Å². The molecule has 11 rings (SSSR count). The lowest BCUT2D eigenvalue weighted by atomic mass is 9.57. The van der Waals surface area contributed by atoms with E-state index in [1.165, 1.54) is 41.0 Å². The number of aliphatic hydroxyl groups is 1. The second-order valence-corrected chi connectivity index (χ2v) is 19.5. The molecule has 8 heterocycles. The number of urea groups is 1. The summed E-state index contributed by atoms with van der Waals surface area (Å²) in [6, 6.07) is 11.2. The molecule has 18 heteroatoms. The SMILES string of the molecule is CNc1cc(N2CCc3c(CN4CC5CC4CN5CC4CC5(CCN(C(=O)c6cc(N7CCC(=O)NC7=O)c(Cl)c(C)n6)CC5)C4)cccc32)nn2c(C(=O)NC3CCC3)cnc12.CO. The summed E-state index contributed by atoms with van der Waals surface area (Å²) in [5.41, 5.74) is 7.39. The highest BCUT2D eigenvalue weighted by Crippen LogP contribution is 2.53. The van der Waals surface area contributed by atoms with Crippen molar-refractivity contribution in [2.45, 2.75) is 95.8 Å². The number of aryl methyl sites for hydroxylation is 1. The molecule has 7 aliphatic rings. The lowest BCUT2D eigenvalue weighted by Crippen LogP contribution is -2.53. The Bertz CT molecular complexity index is 2530. The summed E-state index contributed by atoms with van der Waals surface area (Å²) in [7, 11) is 2.88. The number of aromatic nitrogens is 4. The number of piperidine rings is 1. The molecule has 2 unspecified atom stereocenters. The summed E-state index contributed by atoms with van der Waals surface area (Å²) in [5, 5.41) is 21.1. The van der Waals surface area contributed by atoms with Gasteiger partial charge in [0.15, 0.2) is 17.2 Å². The van der Waals surface area contributed by atoms with Crippen molar-refractivity contribution in [3.05, 3.63) is 69.8 Å². The van der Waals surface area contributed by atoms with Crippen molar-refractivity contribution in [3.8, 4) is 0 Å². The summed E-state index contributed by atoms with van der Waals surface area (Å²) in [6.07, 6.45) is 11.6. The van der Waals surface area contributed by atoms with Crippen LogP contribution in [0, 0.1) is 18.3 Å². The minimum atomic E-state index is -0.538. The van der Waals surface area contributed by atoms with Crippen molar-refractivity contribution in [2.24, 2.45) is 11.3 Å². The fraction of sp³-hybridized carbons (Fsp3) is 0.553. The number of hydrogen-bond donors (Lipinski definition) is 4. The van der Waals surface area contributed by atoms with Crippen LogP contribution in [0.2, 0.25) is 5.02 Å². The van der Waals surface area contributed by atoms with E-state index >= 15 is 0 Å². The van der Waals surface area contributed by atoms with Gasteiger partial charge in [0, 0.05) is 103 Å². The zero-order valence-electron chi connectivity index (χ0n) is 37.5. The van der Waals surface area contributed by atoms with Gasteiger partial charge >= 0.3 is 6.03 Å². The number of imidazole rings is 1. The maximum Gasteiger partial charge on any atom is 0.328 e. The molecule has 2 atom stereocenters. The van der Waals surface area contributed by atoms with E-state index in [4.69, 9.17) is 21.8 Å². The molecule has 5 amide bonds. The average molecular weight is 908 g/mol. The normalized spacial score (nSPS) is 23.0. The van der Waals surface area contributed by atoms with Gasteiger partial charge in [0.2, 0.25) is 5.91 Å². The number of nitrogens with one attached hydrogen (secondary N) is 3. The van der Waals surface area contributed by atoms with Gasteiger partial charge in [-0.2, -0.15) is 0 Å². The van der Waals surface area contributed by atoms with E-state index in [0.717, 1.165) is 89.9 Å². The second kappa shape index (κ2) is 17.5. The molecule has 4 saturated heterocycles. The molecule has 3 aromatic heterocycles. The highest BCUT2D eigenvalue weighted by atomic mass is 35.5. The van der Waals surface area contributed by atoms with Crippen molar-refractivity contribution in [2.75, 3.05) is 75.1 Å². The summed E-state index contributed by atoms with van der Waals surface area (Å²) < 4.78 is 1.70. The molecule has 5 aliphatic heterocycles. The molecule has 6 fully saturated rings. The Morgan fingerprint density at radius 2 is 1.72 bits per heavy atom. The highest BCUT2D eigenvalue weighted by molar-refractivity contribution is 6.34. The molecule has 65 heavy (non-hydrogen) atoms. The number of amides is 5. The highest BCUT2D eigenvalue weighted by Gasteiger charge is 2.50. The Hall–Kier alpha value is -5.36. The minimum Gasteiger partial charge on any atom is -0.400 e. The molecule has 17 nitrogen and oxygen atoms in total. The van der Waals surface area contributed by atoms with Crippen molar-refractivity contribution < 1.29 is 24.3 Å². The molecular formula is C47H59ClN12O5. The quantitative estimate of drug-likeness (QED) is 0.172. The van der Waals surface area contributed by atoms with Gasteiger partial charge < -0.3 is 25.5 Å². The standard InChI is InChI=1S/C46H55ClN12O4.CH4O/c1-27-41(47)37(58-14-10-40(60)52-45(58)63)18-35(50-27)44(62)54-15-11-46(12-16-54)20-28(21-46)23-55-25-32-17-31(55)26-56(32)24-29-5-3-8-36-33(29)9-13-57(36)39-19-34(48-2)42-49-22-38(59(42)53-39)43(61)51-30-6-4-7-30;1-2/h3,5,8,18-19,22,28,30-32,48H,4,6-7,9-17,20-21,23-26H2,1-2H3,(H,51,61)(H,52,60,63);2H,1H3. The largest absolute Gasteiger partial charge is 0.400 e. The predicted octanol–water partition coefficient (Wildman–Crippen LogP) is 4.75. The molecule has 2 bridgehead atoms. The van der Waals surface area contributed by atoms with E-state index in [2.05, 4.69) is 58.8 Å². The molecule has 0 radical (unpaired) electrons. The first kappa shape index (κ1) is 43.5. The van der Waals surface area contributed by atoms with Crippen LogP contribution in [0.1, 0.15) is 95.6 Å². The van der Waals surface area contributed by atoms with Crippen molar-refractivity contribution in [1.82, 2.24) is 44.9 Å². The Kier molecular flexibility index (Phi) is 11.7. The molecule has 1 spiro atoms. The van der Waals surface area contributed by atoms with Crippen LogP contribution in [-0.4, -0.2) is 141 Å². The van der Waals surface area contributed by atoms with Gasteiger partial charge in [-0.05, 0) is 99.3 Å². The lowest BCUT2D eigenvalue weighted by molar-refractivity contribution is -0.120. The molecular weight excluding hydrogens is 848 g/mol. The molecule has 4 N–H and O–H groups in total. The maximum absolute atomic E-state index is 13.7. The zero-order chi connectivity index (χ0) is 45.1. The zero-order valence-corrected chi connectivity index (χ0v) is 38.2. The summed E-state index contributed by atoms with van der Waals surface area (Å²) in [6.45, 7) is 8.50. The number of carbonyl (C=O) groups is 4. The number of rotatable bonds is 10. The van der Waals surface area contributed by atoms with E-state index in [1.54, 1.807) is 23.7 Å². The Labute approximate surface area is 383 Å². The van der Waals surface area contributed by atoms with Crippen molar-refractivity contribution in [1.29, 1.82) is 0 Å². The van der Waals surface area contributed by atoms with Gasteiger partial charge in [0.25, 0.3) is 11.8 Å². The molecule has 2 aliphatic carbocycles. The number of hydrogen-bond acceptors (Lipinski definition) is 12. The number of benzene rings is 1. The van der Waals surface area contributed by atoms with Crippen LogP contribution >= 0.6 is 11.6 Å². The number of halogens is 1. The number of anilines is 4. The van der Waals surface area contributed by atoms with Gasteiger partial charge in [-0.3, -0.25) is 34.4 Å². The second-order valence-electron chi connectivity index (χ2n) is 19.1. The van der Waals surface area contributed by atoms with Gasteiger partial charge in [-0.15, -0.1) is 5.10 Å². The predicted molar refractivity (Wildman–Crippen MR) is 247 cm³/mol. The fourth-order valence-corrected chi connectivity index (χ4v) is 11.9. The molecule has 344 valence electrons. The number of imide groups is 1.